The molecule has 3 aromatic rings. The van der Waals surface area contributed by atoms with Gasteiger partial charge in [0, 0.05) is 5.69 Å². The first-order valence-electron chi connectivity index (χ1n) is 6.67. The highest BCUT2D eigenvalue weighted by Gasteiger charge is 2.37. The summed E-state index contributed by atoms with van der Waals surface area (Å²) < 4.78 is 53.2. The topological polar surface area (TPSA) is 50.7 Å². The van der Waals surface area contributed by atoms with Crippen LogP contribution in [0.3, 0.4) is 0 Å². The molecule has 4 nitrogen and oxygen atoms in total. The van der Waals surface area contributed by atoms with E-state index in [9.17, 15) is 22.4 Å². The molecule has 0 bridgehead atoms. The van der Waals surface area contributed by atoms with E-state index in [0.29, 0.717) is 15.8 Å². The van der Waals surface area contributed by atoms with Crippen molar-refractivity contribution in [3.05, 3.63) is 63.6 Å². The first kappa shape index (κ1) is 15.3. The number of H-pyrrole nitrogens is 1. The lowest BCUT2D eigenvalue weighted by Gasteiger charge is -2.14. The monoisotopic (exact) mass is 325 g/mol. The van der Waals surface area contributed by atoms with E-state index in [2.05, 4.69) is 9.97 Å². The Morgan fingerprint density at radius 2 is 1.87 bits per heavy atom. The molecule has 3 rings (SSSR count). The zero-order valence-electron chi connectivity index (χ0n) is 11.9. The Balaban J connectivity index is 2.22. The molecule has 1 N–H and O–H groups in total. The number of fused-ring (bicyclic) bond motifs is 1. The summed E-state index contributed by atoms with van der Waals surface area (Å²) in [5, 5.41) is 0.0811. The zero-order valence-corrected chi connectivity index (χ0v) is 11.9. The third-order valence-corrected chi connectivity index (χ3v) is 3.39. The number of nitrogens with zero attached hydrogens (tertiary/aromatic N) is 2. The number of alkyl halides is 3. The maximum Gasteiger partial charge on any atom is 0.449 e. The molecule has 0 aliphatic carbocycles. The predicted molar refractivity (Wildman–Crippen MR) is 75.6 cm³/mol. The first-order chi connectivity index (χ1) is 10.8. The maximum atomic E-state index is 13.2. The van der Waals surface area contributed by atoms with Crippen LogP contribution in [0.1, 0.15) is 17.1 Å². The van der Waals surface area contributed by atoms with Crippen LogP contribution in [0.15, 0.2) is 35.1 Å². The normalized spacial score (nSPS) is 12.0. The van der Waals surface area contributed by atoms with Crippen LogP contribution in [0.2, 0.25) is 0 Å². The molecular weight excluding hydrogens is 314 g/mol. The predicted octanol–water partition coefficient (Wildman–Crippen LogP) is 3.24. The quantitative estimate of drug-likeness (QED) is 0.736. The Morgan fingerprint density at radius 1 is 1.22 bits per heavy atom. The molecule has 0 amide bonds. The second-order valence-electron chi connectivity index (χ2n) is 5.17. The number of hydrogen-bond donors (Lipinski definition) is 1. The summed E-state index contributed by atoms with van der Waals surface area (Å²) in [4.78, 5) is 18.6. The van der Waals surface area contributed by atoms with E-state index in [1.54, 1.807) is 6.92 Å². The molecule has 120 valence electrons. The number of nitrogens with one attached hydrogen (secondary N) is 1. The summed E-state index contributed by atoms with van der Waals surface area (Å²) in [6, 6.07) is 6.36. The van der Waals surface area contributed by atoms with Crippen LogP contribution in [-0.2, 0) is 12.7 Å². The second-order valence-corrected chi connectivity index (χ2v) is 5.17. The lowest BCUT2D eigenvalue weighted by atomic mass is 10.2. The number of hydrogen-bond acceptors (Lipinski definition) is 2. The van der Waals surface area contributed by atoms with Crippen LogP contribution in [0.5, 0.6) is 0 Å². The van der Waals surface area contributed by atoms with Gasteiger partial charge < -0.3 is 4.98 Å². The smallest absolute Gasteiger partial charge is 0.343 e. The summed E-state index contributed by atoms with van der Waals surface area (Å²) in [6.45, 7) is 1.28. The highest BCUT2D eigenvalue weighted by atomic mass is 19.4. The number of aromatic amines is 1. The average molecular weight is 325 g/mol. The van der Waals surface area contributed by atoms with Gasteiger partial charge in [0.15, 0.2) is 0 Å². The van der Waals surface area contributed by atoms with E-state index in [-0.39, 0.29) is 17.6 Å². The van der Waals surface area contributed by atoms with Gasteiger partial charge in [-0.15, -0.1) is 0 Å². The fraction of sp³-hybridized carbons (Fsp3) is 0.200. The summed E-state index contributed by atoms with van der Waals surface area (Å²) >= 11 is 0. The Bertz CT molecular complexity index is 923. The van der Waals surface area contributed by atoms with Gasteiger partial charge >= 0.3 is 6.18 Å². The fourth-order valence-electron chi connectivity index (χ4n) is 2.37. The summed E-state index contributed by atoms with van der Waals surface area (Å²) in [5.74, 6) is -1.80. The third-order valence-electron chi connectivity index (χ3n) is 3.39. The summed E-state index contributed by atoms with van der Waals surface area (Å²) in [6.07, 6.45) is -4.79. The van der Waals surface area contributed by atoms with Gasteiger partial charge in [-0.2, -0.15) is 13.2 Å². The summed E-state index contributed by atoms with van der Waals surface area (Å²) in [7, 11) is 0. The van der Waals surface area contributed by atoms with Crippen LogP contribution in [0.4, 0.5) is 17.6 Å². The molecule has 2 heterocycles. The van der Waals surface area contributed by atoms with Crippen LogP contribution < -0.4 is 5.56 Å². The van der Waals surface area contributed by atoms with Gasteiger partial charge in [0.25, 0.3) is 5.56 Å². The molecule has 2 aromatic heterocycles. The number of aryl methyl sites for hydroxylation is 1. The largest absolute Gasteiger partial charge is 0.449 e. The van der Waals surface area contributed by atoms with Crippen LogP contribution in [0, 0.1) is 12.7 Å². The molecular formula is C15H11F4N3O. The van der Waals surface area contributed by atoms with Gasteiger partial charge in [0.2, 0.25) is 5.82 Å². The zero-order chi connectivity index (χ0) is 16.8. The van der Waals surface area contributed by atoms with Crippen molar-refractivity contribution in [1.29, 1.82) is 0 Å². The lowest BCUT2D eigenvalue weighted by molar-refractivity contribution is -0.147. The Morgan fingerprint density at radius 3 is 2.48 bits per heavy atom. The summed E-state index contributed by atoms with van der Waals surface area (Å²) in [5.41, 5.74) is 0.0100. The molecule has 8 heteroatoms. The molecule has 0 spiro atoms. The molecule has 23 heavy (non-hydrogen) atoms. The number of aromatic nitrogens is 3. The van der Waals surface area contributed by atoms with Crippen molar-refractivity contribution < 1.29 is 17.6 Å². The molecule has 0 saturated carbocycles. The van der Waals surface area contributed by atoms with E-state index < -0.39 is 23.4 Å². The highest BCUT2D eigenvalue weighted by molar-refractivity contribution is 5.75. The third kappa shape index (κ3) is 2.84. The van der Waals surface area contributed by atoms with Gasteiger partial charge in [0.05, 0.1) is 11.9 Å². The molecule has 0 fully saturated rings. The number of benzene rings is 1. The van der Waals surface area contributed by atoms with Crippen molar-refractivity contribution in [3.8, 4) is 0 Å². The molecule has 0 unspecified atom stereocenters. The minimum absolute atomic E-state index is 0.0811. The van der Waals surface area contributed by atoms with Crippen molar-refractivity contribution in [2.24, 2.45) is 0 Å². The fourth-order valence-corrected chi connectivity index (χ4v) is 2.37. The molecule has 0 aliphatic heterocycles. The number of halogens is 4. The van der Waals surface area contributed by atoms with Crippen molar-refractivity contribution in [3.63, 3.8) is 0 Å². The average Bonchev–Trinajstić information content (AvgIpc) is 2.84. The molecule has 0 radical (unpaired) electrons. The van der Waals surface area contributed by atoms with Crippen LogP contribution in [-0.4, -0.2) is 14.5 Å². The second kappa shape index (κ2) is 5.22. The molecule has 0 saturated heterocycles. The van der Waals surface area contributed by atoms with E-state index in [0.717, 1.165) is 12.1 Å². The lowest BCUT2D eigenvalue weighted by Crippen LogP contribution is -2.30. The minimum Gasteiger partial charge on any atom is -0.343 e. The van der Waals surface area contributed by atoms with Gasteiger partial charge in [-0.3, -0.25) is 9.36 Å². The highest BCUT2D eigenvalue weighted by Crippen LogP contribution is 2.28. The first-order valence-corrected chi connectivity index (χ1v) is 6.67. The van der Waals surface area contributed by atoms with Crippen LogP contribution >= 0.6 is 0 Å². The van der Waals surface area contributed by atoms with Crippen molar-refractivity contribution in [1.82, 2.24) is 14.5 Å². The number of rotatable bonds is 2. The van der Waals surface area contributed by atoms with Gasteiger partial charge in [-0.1, -0.05) is 12.1 Å². The Kier molecular flexibility index (Phi) is 3.46. The Labute approximate surface area is 127 Å². The SMILES string of the molecule is Cc1cc2c(=O)n(Cc3ccc(F)cc3)c(C(F)(F)F)nc2[nH]1. The molecule has 0 atom stereocenters. The van der Waals surface area contributed by atoms with Gasteiger partial charge in [0.1, 0.15) is 11.5 Å². The van der Waals surface area contributed by atoms with E-state index in [1.807, 2.05) is 0 Å². The molecule has 0 aliphatic rings. The van der Waals surface area contributed by atoms with E-state index in [4.69, 9.17) is 0 Å². The maximum absolute atomic E-state index is 13.2. The minimum atomic E-state index is -4.79. The van der Waals surface area contributed by atoms with Gasteiger partial charge in [-0.05, 0) is 30.7 Å². The van der Waals surface area contributed by atoms with Crippen molar-refractivity contribution in [2.45, 2.75) is 19.6 Å². The van der Waals surface area contributed by atoms with Crippen molar-refractivity contribution >= 4 is 11.0 Å². The van der Waals surface area contributed by atoms with Crippen LogP contribution in [0.25, 0.3) is 11.0 Å². The Hall–Kier alpha value is -2.64. The molecule has 1 aromatic carbocycles. The van der Waals surface area contributed by atoms with E-state index in [1.165, 1.54) is 18.2 Å². The standard InChI is InChI=1S/C15H11F4N3O/c1-8-6-11-12(20-8)21-14(15(17,18)19)22(13(11)23)7-9-2-4-10(16)5-3-9/h2-6,20H,7H2,1H3. The van der Waals surface area contributed by atoms with Crippen molar-refractivity contribution in [2.75, 3.05) is 0 Å². The van der Waals surface area contributed by atoms with E-state index >= 15 is 0 Å². The van der Waals surface area contributed by atoms with Gasteiger partial charge in [-0.25, -0.2) is 9.37 Å².